The Labute approximate surface area is 182 Å². The Bertz CT molecular complexity index is 957. The summed E-state index contributed by atoms with van der Waals surface area (Å²) in [6.07, 6.45) is 0. The number of nitrogens with one attached hydrogen (secondary N) is 2. The van der Waals surface area contributed by atoms with Crippen LogP contribution < -0.4 is 20.1 Å². The summed E-state index contributed by atoms with van der Waals surface area (Å²) in [5.41, 5.74) is 1.61. The summed E-state index contributed by atoms with van der Waals surface area (Å²) < 4.78 is 11.2. The second-order valence-electron chi connectivity index (χ2n) is 6.68. The summed E-state index contributed by atoms with van der Waals surface area (Å²) in [6, 6.07) is 23.2. The van der Waals surface area contributed by atoms with E-state index in [1.165, 1.54) is 0 Å². The summed E-state index contributed by atoms with van der Waals surface area (Å²) >= 11 is 0. The molecular formula is C25H26N2O4. The molecule has 160 valence electrons. The monoisotopic (exact) mass is 418 g/mol. The van der Waals surface area contributed by atoms with Crippen LogP contribution in [0.3, 0.4) is 0 Å². The number of carbonyl (C=O) groups is 2. The highest BCUT2D eigenvalue weighted by Gasteiger charge is 2.29. The average Bonchev–Trinajstić information content (AvgIpc) is 2.78. The third-order valence-corrected chi connectivity index (χ3v) is 4.55. The van der Waals surface area contributed by atoms with E-state index in [4.69, 9.17) is 9.47 Å². The van der Waals surface area contributed by atoms with Crippen LogP contribution in [0.15, 0.2) is 78.9 Å². The minimum absolute atomic E-state index is 0.454. The molecule has 0 aliphatic carbocycles. The van der Waals surface area contributed by atoms with E-state index in [0.717, 1.165) is 0 Å². The van der Waals surface area contributed by atoms with Crippen molar-refractivity contribution in [1.82, 2.24) is 0 Å². The second-order valence-corrected chi connectivity index (χ2v) is 6.68. The molecular weight excluding hydrogens is 392 g/mol. The molecule has 0 radical (unpaired) electrons. The fraction of sp³-hybridized carbons (Fsp3) is 0.200. The topological polar surface area (TPSA) is 76.7 Å². The Morgan fingerprint density at radius 1 is 0.677 bits per heavy atom. The quantitative estimate of drug-likeness (QED) is 0.487. The molecule has 0 aromatic heterocycles. The van der Waals surface area contributed by atoms with Gasteiger partial charge >= 0.3 is 0 Å². The van der Waals surface area contributed by atoms with E-state index in [1.807, 2.05) is 32.0 Å². The van der Waals surface area contributed by atoms with Crippen molar-refractivity contribution in [3.8, 4) is 11.5 Å². The number of para-hydroxylation sites is 4. The van der Waals surface area contributed by atoms with Gasteiger partial charge in [-0.25, -0.2) is 0 Å². The Morgan fingerprint density at radius 3 is 1.55 bits per heavy atom. The third-order valence-electron chi connectivity index (χ3n) is 4.55. The highest BCUT2D eigenvalue weighted by molar-refractivity contribution is 6.15. The molecule has 0 aliphatic rings. The standard InChI is InChI=1S/C25H26N2O4/c1-3-30-21-16-10-8-14-19(21)26-24(28)23(18-12-6-5-7-13-18)25(29)27-20-15-9-11-17-22(20)31-4-2/h5-17,23H,3-4H2,1-2H3,(H,26,28)(H,27,29). The number of amides is 2. The summed E-state index contributed by atoms with van der Waals surface area (Å²) in [7, 11) is 0. The minimum Gasteiger partial charge on any atom is -0.492 e. The van der Waals surface area contributed by atoms with E-state index in [9.17, 15) is 9.59 Å². The lowest BCUT2D eigenvalue weighted by molar-refractivity contribution is -0.126. The number of rotatable bonds is 9. The van der Waals surface area contributed by atoms with E-state index < -0.39 is 17.7 Å². The van der Waals surface area contributed by atoms with Crippen molar-refractivity contribution < 1.29 is 19.1 Å². The van der Waals surface area contributed by atoms with Crippen molar-refractivity contribution in [2.75, 3.05) is 23.8 Å². The van der Waals surface area contributed by atoms with Crippen LogP contribution >= 0.6 is 0 Å². The van der Waals surface area contributed by atoms with E-state index in [1.54, 1.807) is 60.7 Å². The molecule has 0 saturated heterocycles. The van der Waals surface area contributed by atoms with Crippen molar-refractivity contribution in [1.29, 1.82) is 0 Å². The lowest BCUT2D eigenvalue weighted by atomic mass is 9.96. The van der Waals surface area contributed by atoms with E-state index in [2.05, 4.69) is 10.6 Å². The number of ether oxygens (including phenoxy) is 2. The molecule has 2 N–H and O–H groups in total. The summed E-state index contributed by atoms with van der Waals surface area (Å²) in [5.74, 6) is -0.875. The first-order chi connectivity index (χ1) is 15.1. The smallest absolute Gasteiger partial charge is 0.241 e. The Balaban J connectivity index is 1.89. The molecule has 0 saturated carbocycles. The lowest BCUT2D eigenvalue weighted by Crippen LogP contribution is -2.32. The number of hydrogen-bond donors (Lipinski definition) is 2. The van der Waals surface area contributed by atoms with Gasteiger partial charge in [0.1, 0.15) is 17.4 Å². The molecule has 2 amide bonds. The first-order valence-corrected chi connectivity index (χ1v) is 10.2. The third kappa shape index (κ3) is 5.63. The maximum Gasteiger partial charge on any atom is 0.241 e. The van der Waals surface area contributed by atoms with Gasteiger partial charge in [-0.2, -0.15) is 0 Å². The molecule has 0 aliphatic heterocycles. The SMILES string of the molecule is CCOc1ccccc1NC(=O)C(C(=O)Nc1ccccc1OCC)c1ccccc1. The highest BCUT2D eigenvalue weighted by Crippen LogP contribution is 2.29. The van der Waals surface area contributed by atoms with Crippen LogP contribution in [0.2, 0.25) is 0 Å². The van der Waals surface area contributed by atoms with Gasteiger partial charge in [0.2, 0.25) is 11.8 Å². The molecule has 0 bridgehead atoms. The fourth-order valence-electron chi connectivity index (χ4n) is 3.18. The normalized spacial score (nSPS) is 10.4. The number of hydrogen-bond acceptors (Lipinski definition) is 4. The predicted molar refractivity (Wildman–Crippen MR) is 122 cm³/mol. The van der Waals surface area contributed by atoms with Crippen LogP contribution in [-0.4, -0.2) is 25.0 Å². The molecule has 0 heterocycles. The van der Waals surface area contributed by atoms with Crippen LogP contribution in [0.4, 0.5) is 11.4 Å². The van der Waals surface area contributed by atoms with E-state index in [0.29, 0.717) is 41.7 Å². The van der Waals surface area contributed by atoms with Gasteiger partial charge in [0, 0.05) is 0 Å². The van der Waals surface area contributed by atoms with Gasteiger partial charge in [0.25, 0.3) is 0 Å². The zero-order valence-electron chi connectivity index (χ0n) is 17.6. The van der Waals surface area contributed by atoms with E-state index in [-0.39, 0.29) is 0 Å². The summed E-state index contributed by atoms with van der Waals surface area (Å²) in [6.45, 7) is 4.66. The maximum atomic E-state index is 13.3. The first kappa shape index (κ1) is 21.9. The molecule has 3 aromatic carbocycles. The molecule has 6 heteroatoms. The van der Waals surface area contributed by atoms with Crippen molar-refractivity contribution in [2.24, 2.45) is 0 Å². The maximum absolute atomic E-state index is 13.3. The molecule has 0 spiro atoms. The van der Waals surface area contributed by atoms with Gasteiger partial charge < -0.3 is 20.1 Å². The van der Waals surface area contributed by atoms with Gasteiger partial charge in [-0.15, -0.1) is 0 Å². The first-order valence-electron chi connectivity index (χ1n) is 10.2. The minimum atomic E-state index is -1.06. The van der Waals surface area contributed by atoms with Crippen molar-refractivity contribution in [3.63, 3.8) is 0 Å². The Kier molecular flexibility index (Phi) is 7.65. The van der Waals surface area contributed by atoms with Crippen molar-refractivity contribution in [2.45, 2.75) is 19.8 Å². The van der Waals surface area contributed by atoms with Crippen LogP contribution in [0.1, 0.15) is 25.3 Å². The van der Waals surface area contributed by atoms with Gasteiger partial charge in [0.15, 0.2) is 0 Å². The number of benzene rings is 3. The van der Waals surface area contributed by atoms with Gasteiger partial charge in [-0.05, 0) is 43.7 Å². The second kappa shape index (κ2) is 10.8. The van der Waals surface area contributed by atoms with Gasteiger partial charge in [-0.1, -0.05) is 54.6 Å². The fourth-order valence-corrected chi connectivity index (χ4v) is 3.18. The van der Waals surface area contributed by atoms with Crippen LogP contribution in [-0.2, 0) is 9.59 Å². The summed E-state index contributed by atoms with van der Waals surface area (Å²) in [5, 5.41) is 5.69. The molecule has 0 unspecified atom stereocenters. The van der Waals surface area contributed by atoms with Crippen molar-refractivity contribution >= 4 is 23.2 Å². The predicted octanol–water partition coefficient (Wildman–Crippen LogP) is 4.85. The molecule has 3 aromatic rings. The largest absolute Gasteiger partial charge is 0.492 e. The van der Waals surface area contributed by atoms with Gasteiger partial charge in [-0.3, -0.25) is 9.59 Å². The Morgan fingerprint density at radius 2 is 1.10 bits per heavy atom. The van der Waals surface area contributed by atoms with Gasteiger partial charge in [0.05, 0.1) is 24.6 Å². The molecule has 0 atom stereocenters. The van der Waals surface area contributed by atoms with Crippen LogP contribution in [0.25, 0.3) is 0 Å². The molecule has 6 nitrogen and oxygen atoms in total. The average molecular weight is 418 g/mol. The Hall–Kier alpha value is -3.80. The summed E-state index contributed by atoms with van der Waals surface area (Å²) in [4.78, 5) is 26.5. The lowest BCUT2D eigenvalue weighted by Gasteiger charge is -2.19. The van der Waals surface area contributed by atoms with Crippen molar-refractivity contribution in [3.05, 3.63) is 84.4 Å². The zero-order chi connectivity index (χ0) is 22.1. The number of anilines is 2. The molecule has 0 fully saturated rings. The van der Waals surface area contributed by atoms with Crippen LogP contribution in [0.5, 0.6) is 11.5 Å². The number of carbonyl (C=O) groups excluding carboxylic acids is 2. The molecule has 31 heavy (non-hydrogen) atoms. The van der Waals surface area contributed by atoms with E-state index >= 15 is 0 Å². The van der Waals surface area contributed by atoms with Crippen LogP contribution in [0, 0.1) is 0 Å². The molecule has 3 rings (SSSR count). The highest BCUT2D eigenvalue weighted by atomic mass is 16.5. The zero-order valence-corrected chi connectivity index (χ0v) is 17.6.